The number of Topliss-reactive ketones (excluding diaryl/α,β-unsaturated/α-hetero) is 1. The molecule has 0 atom stereocenters. The molecule has 1 aromatic carbocycles. The van der Waals surface area contributed by atoms with E-state index in [1.54, 1.807) is 19.2 Å². The standard InChI is InChI=1S/C11H14O3/c1-13-7-9-3-5-10(6-4-9)11(12)8-14-2/h3-6H,7-8H2,1-2H3. The van der Waals surface area contributed by atoms with Gasteiger partial charge in [-0.2, -0.15) is 0 Å². The van der Waals surface area contributed by atoms with E-state index in [1.807, 2.05) is 12.1 Å². The van der Waals surface area contributed by atoms with Gasteiger partial charge in [-0.1, -0.05) is 24.3 Å². The topological polar surface area (TPSA) is 35.5 Å². The van der Waals surface area contributed by atoms with E-state index in [0.29, 0.717) is 12.2 Å². The molecule has 0 heterocycles. The normalized spacial score (nSPS) is 10.1. The van der Waals surface area contributed by atoms with E-state index in [0.717, 1.165) is 5.56 Å². The van der Waals surface area contributed by atoms with Crippen LogP contribution in [0.2, 0.25) is 0 Å². The Morgan fingerprint density at radius 3 is 2.29 bits per heavy atom. The Labute approximate surface area is 83.6 Å². The van der Waals surface area contributed by atoms with Gasteiger partial charge < -0.3 is 9.47 Å². The third kappa shape index (κ3) is 2.94. The molecule has 0 N–H and O–H groups in total. The van der Waals surface area contributed by atoms with Gasteiger partial charge in [0.15, 0.2) is 5.78 Å². The van der Waals surface area contributed by atoms with E-state index >= 15 is 0 Å². The van der Waals surface area contributed by atoms with Gasteiger partial charge in [-0.05, 0) is 5.56 Å². The fraction of sp³-hybridized carbons (Fsp3) is 0.364. The number of rotatable bonds is 5. The summed E-state index contributed by atoms with van der Waals surface area (Å²) in [6, 6.07) is 7.34. The van der Waals surface area contributed by atoms with E-state index < -0.39 is 0 Å². The van der Waals surface area contributed by atoms with Crippen LogP contribution in [0, 0.1) is 0 Å². The van der Waals surface area contributed by atoms with Crippen LogP contribution in [0.4, 0.5) is 0 Å². The van der Waals surface area contributed by atoms with Crippen molar-refractivity contribution in [3.05, 3.63) is 35.4 Å². The number of methoxy groups -OCH3 is 2. The molecule has 0 aromatic heterocycles. The smallest absolute Gasteiger partial charge is 0.188 e. The van der Waals surface area contributed by atoms with E-state index in [-0.39, 0.29) is 12.4 Å². The summed E-state index contributed by atoms with van der Waals surface area (Å²) in [5.74, 6) is -0.00327. The third-order valence-electron chi connectivity index (χ3n) is 1.86. The molecule has 0 fully saturated rings. The molecule has 3 nitrogen and oxygen atoms in total. The number of hydrogen-bond acceptors (Lipinski definition) is 3. The summed E-state index contributed by atoms with van der Waals surface area (Å²) in [5, 5.41) is 0. The summed E-state index contributed by atoms with van der Waals surface area (Å²) in [7, 11) is 3.15. The van der Waals surface area contributed by atoms with Crippen molar-refractivity contribution in [1.29, 1.82) is 0 Å². The highest BCUT2D eigenvalue weighted by atomic mass is 16.5. The fourth-order valence-electron chi connectivity index (χ4n) is 1.17. The van der Waals surface area contributed by atoms with Crippen LogP contribution in [-0.2, 0) is 16.1 Å². The summed E-state index contributed by atoms with van der Waals surface area (Å²) in [4.78, 5) is 11.4. The van der Waals surface area contributed by atoms with E-state index in [1.165, 1.54) is 7.11 Å². The number of hydrogen-bond donors (Lipinski definition) is 0. The van der Waals surface area contributed by atoms with Gasteiger partial charge in [-0.3, -0.25) is 4.79 Å². The van der Waals surface area contributed by atoms with Crippen molar-refractivity contribution in [2.45, 2.75) is 6.61 Å². The van der Waals surface area contributed by atoms with Crippen LogP contribution in [0.1, 0.15) is 15.9 Å². The van der Waals surface area contributed by atoms with Crippen molar-refractivity contribution in [3.8, 4) is 0 Å². The van der Waals surface area contributed by atoms with Crippen molar-refractivity contribution in [1.82, 2.24) is 0 Å². The Morgan fingerprint density at radius 2 is 1.79 bits per heavy atom. The van der Waals surface area contributed by atoms with Crippen LogP contribution in [0.25, 0.3) is 0 Å². The van der Waals surface area contributed by atoms with Gasteiger partial charge in [0.05, 0.1) is 6.61 Å². The minimum absolute atomic E-state index is 0.00327. The molecule has 1 rings (SSSR count). The molecule has 0 unspecified atom stereocenters. The van der Waals surface area contributed by atoms with Crippen LogP contribution in [-0.4, -0.2) is 26.6 Å². The maximum Gasteiger partial charge on any atom is 0.188 e. The molecule has 0 bridgehead atoms. The second kappa shape index (κ2) is 5.52. The summed E-state index contributed by atoms with van der Waals surface area (Å²) >= 11 is 0. The molecule has 3 heteroatoms. The Hall–Kier alpha value is -1.19. The summed E-state index contributed by atoms with van der Waals surface area (Å²) in [6.45, 7) is 0.697. The van der Waals surface area contributed by atoms with Crippen LogP contribution < -0.4 is 0 Å². The summed E-state index contributed by atoms with van der Waals surface area (Å²) in [6.07, 6.45) is 0. The van der Waals surface area contributed by atoms with Gasteiger partial charge in [0.25, 0.3) is 0 Å². The number of benzene rings is 1. The zero-order valence-electron chi connectivity index (χ0n) is 8.45. The van der Waals surface area contributed by atoms with Crippen molar-refractivity contribution in [2.24, 2.45) is 0 Å². The Balaban J connectivity index is 2.67. The second-order valence-electron chi connectivity index (χ2n) is 2.99. The first kappa shape index (κ1) is 10.9. The number of carbonyl (C=O) groups excluding carboxylic acids is 1. The Morgan fingerprint density at radius 1 is 1.14 bits per heavy atom. The maximum absolute atomic E-state index is 11.4. The lowest BCUT2D eigenvalue weighted by Crippen LogP contribution is -2.06. The highest BCUT2D eigenvalue weighted by Crippen LogP contribution is 2.06. The first-order chi connectivity index (χ1) is 6.77. The lowest BCUT2D eigenvalue weighted by atomic mass is 10.1. The predicted molar refractivity (Wildman–Crippen MR) is 53.4 cm³/mol. The van der Waals surface area contributed by atoms with Crippen LogP contribution in [0.15, 0.2) is 24.3 Å². The first-order valence-corrected chi connectivity index (χ1v) is 4.38. The predicted octanol–water partition coefficient (Wildman–Crippen LogP) is 1.66. The minimum atomic E-state index is -0.00327. The van der Waals surface area contributed by atoms with Gasteiger partial charge in [0.1, 0.15) is 6.61 Å². The summed E-state index contributed by atoms with van der Waals surface area (Å²) in [5.41, 5.74) is 1.73. The van der Waals surface area contributed by atoms with Crippen molar-refractivity contribution < 1.29 is 14.3 Å². The zero-order chi connectivity index (χ0) is 10.4. The van der Waals surface area contributed by atoms with Crippen molar-refractivity contribution in [2.75, 3.05) is 20.8 Å². The molecule has 0 saturated heterocycles. The van der Waals surface area contributed by atoms with Crippen LogP contribution in [0.5, 0.6) is 0 Å². The monoisotopic (exact) mass is 194 g/mol. The SMILES string of the molecule is COCC(=O)c1ccc(COC)cc1. The first-order valence-electron chi connectivity index (χ1n) is 4.38. The molecular weight excluding hydrogens is 180 g/mol. The van der Waals surface area contributed by atoms with Gasteiger partial charge in [0.2, 0.25) is 0 Å². The van der Waals surface area contributed by atoms with E-state index in [9.17, 15) is 4.79 Å². The molecule has 0 aliphatic heterocycles. The lowest BCUT2D eigenvalue weighted by molar-refractivity contribution is 0.0848. The molecule has 76 valence electrons. The van der Waals surface area contributed by atoms with Gasteiger partial charge in [0, 0.05) is 19.8 Å². The zero-order valence-corrected chi connectivity index (χ0v) is 8.45. The average Bonchev–Trinajstić information content (AvgIpc) is 2.20. The highest BCUT2D eigenvalue weighted by molar-refractivity contribution is 5.97. The van der Waals surface area contributed by atoms with Crippen molar-refractivity contribution in [3.63, 3.8) is 0 Å². The number of ether oxygens (including phenoxy) is 2. The Kier molecular flexibility index (Phi) is 4.29. The number of ketones is 1. The van der Waals surface area contributed by atoms with Crippen molar-refractivity contribution >= 4 is 5.78 Å². The molecule has 0 saturated carbocycles. The molecular formula is C11H14O3. The molecule has 14 heavy (non-hydrogen) atoms. The van der Waals surface area contributed by atoms with E-state index in [2.05, 4.69) is 0 Å². The minimum Gasteiger partial charge on any atom is -0.380 e. The van der Waals surface area contributed by atoms with Crippen LogP contribution in [0.3, 0.4) is 0 Å². The highest BCUT2D eigenvalue weighted by Gasteiger charge is 2.04. The molecule has 0 aliphatic carbocycles. The largest absolute Gasteiger partial charge is 0.380 e. The van der Waals surface area contributed by atoms with Gasteiger partial charge in [-0.25, -0.2) is 0 Å². The Bertz CT molecular complexity index is 290. The average molecular weight is 194 g/mol. The molecule has 0 aliphatic rings. The maximum atomic E-state index is 11.4. The van der Waals surface area contributed by atoms with Gasteiger partial charge >= 0.3 is 0 Å². The second-order valence-corrected chi connectivity index (χ2v) is 2.99. The third-order valence-corrected chi connectivity index (χ3v) is 1.86. The summed E-state index contributed by atoms with van der Waals surface area (Å²) < 4.78 is 9.73. The van der Waals surface area contributed by atoms with Gasteiger partial charge in [-0.15, -0.1) is 0 Å². The van der Waals surface area contributed by atoms with Crippen LogP contribution >= 0.6 is 0 Å². The quantitative estimate of drug-likeness (QED) is 0.669. The fourth-order valence-corrected chi connectivity index (χ4v) is 1.17. The molecule has 0 spiro atoms. The molecule has 1 aromatic rings. The molecule has 0 radical (unpaired) electrons. The molecule has 0 amide bonds. The van der Waals surface area contributed by atoms with E-state index in [4.69, 9.17) is 9.47 Å². The number of carbonyl (C=O) groups is 1. The lowest BCUT2D eigenvalue weighted by Gasteiger charge is -2.02.